The first-order valence-corrected chi connectivity index (χ1v) is 10.2. The number of nitrogens with zero attached hydrogens (tertiary/aromatic N) is 1. The van der Waals surface area contributed by atoms with Gasteiger partial charge in [0.05, 0.1) is 0 Å². The van der Waals surface area contributed by atoms with Crippen molar-refractivity contribution in [2.75, 3.05) is 18.5 Å². The van der Waals surface area contributed by atoms with Crippen molar-refractivity contribution in [1.82, 2.24) is 5.32 Å². The van der Waals surface area contributed by atoms with Crippen molar-refractivity contribution in [3.8, 4) is 5.75 Å². The van der Waals surface area contributed by atoms with Crippen LogP contribution >= 0.6 is 24.0 Å². The van der Waals surface area contributed by atoms with Crippen LogP contribution in [0, 0.1) is 0 Å². The highest BCUT2D eigenvalue weighted by molar-refractivity contribution is 14.0. The SMILES string of the molecule is CC(C)c1cccc(NC(N)=NCCc2ccc(OCC(=O)NC3CC3)cc2)c1.I. The molecule has 0 atom stereocenters. The van der Waals surface area contributed by atoms with E-state index in [0.29, 0.717) is 30.2 Å². The molecule has 0 spiro atoms. The number of anilines is 1. The van der Waals surface area contributed by atoms with E-state index < -0.39 is 0 Å². The van der Waals surface area contributed by atoms with Crippen LogP contribution in [-0.4, -0.2) is 31.1 Å². The molecule has 2 aromatic rings. The van der Waals surface area contributed by atoms with E-state index in [9.17, 15) is 4.79 Å². The van der Waals surface area contributed by atoms with Crippen LogP contribution in [0.1, 0.15) is 43.7 Å². The average Bonchev–Trinajstić information content (AvgIpc) is 3.51. The molecule has 0 heterocycles. The summed E-state index contributed by atoms with van der Waals surface area (Å²) in [5.41, 5.74) is 9.35. The van der Waals surface area contributed by atoms with Crippen LogP contribution in [-0.2, 0) is 11.2 Å². The van der Waals surface area contributed by atoms with Gasteiger partial charge in [-0.15, -0.1) is 24.0 Å². The molecular formula is C23H31IN4O2. The number of nitrogens with one attached hydrogen (secondary N) is 2. The molecule has 1 saturated carbocycles. The first-order chi connectivity index (χ1) is 14.0. The van der Waals surface area contributed by atoms with Gasteiger partial charge in [0.15, 0.2) is 12.6 Å². The second kappa shape index (κ2) is 11.8. The van der Waals surface area contributed by atoms with Gasteiger partial charge in [-0.05, 0) is 60.6 Å². The van der Waals surface area contributed by atoms with Gasteiger partial charge in [-0.3, -0.25) is 9.79 Å². The van der Waals surface area contributed by atoms with E-state index in [1.807, 2.05) is 36.4 Å². The van der Waals surface area contributed by atoms with Crippen LogP contribution in [0.4, 0.5) is 5.69 Å². The van der Waals surface area contributed by atoms with Crippen LogP contribution < -0.4 is 21.1 Å². The predicted molar refractivity (Wildman–Crippen MR) is 133 cm³/mol. The van der Waals surface area contributed by atoms with Crippen molar-refractivity contribution in [3.05, 3.63) is 59.7 Å². The standard InChI is InChI=1S/C23H30N4O2.HI/c1-16(2)18-4-3-5-20(14-18)27-23(24)25-13-12-17-6-10-21(11-7-17)29-15-22(28)26-19-8-9-19;/h3-7,10-11,14,16,19H,8-9,12-13,15H2,1-2H3,(H,26,28)(H3,24,25,27);1H. The molecule has 0 saturated heterocycles. The number of benzene rings is 2. The number of carbonyl (C=O) groups excluding carboxylic acids is 1. The zero-order valence-corrected chi connectivity index (χ0v) is 19.9. The molecule has 0 unspecified atom stereocenters. The monoisotopic (exact) mass is 522 g/mol. The zero-order chi connectivity index (χ0) is 20.6. The van der Waals surface area contributed by atoms with Gasteiger partial charge in [-0.2, -0.15) is 0 Å². The Morgan fingerprint density at radius 3 is 2.60 bits per heavy atom. The molecule has 0 bridgehead atoms. The highest BCUT2D eigenvalue weighted by atomic mass is 127. The molecule has 2 aromatic carbocycles. The number of amides is 1. The number of hydrogen-bond acceptors (Lipinski definition) is 3. The summed E-state index contributed by atoms with van der Waals surface area (Å²) < 4.78 is 5.52. The third-order valence-corrected chi connectivity index (χ3v) is 4.74. The summed E-state index contributed by atoms with van der Waals surface area (Å²) in [6.07, 6.45) is 2.93. The molecule has 162 valence electrons. The molecule has 0 aromatic heterocycles. The lowest BCUT2D eigenvalue weighted by Gasteiger charge is -2.10. The number of guanidine groups is 1. The van der Waals surface area contributed by atoms with Gasteiger partial charge in [-0.1, -0.05) is 38.1 Å². The third-order valence-electron chi connectivity index (χ3n) is 4.74. The fourth-order valence-corrected chi connectivity index (χ4v) is 2.87. The fourth-order valence-electron chi connectivity index (χ4n) is 2.87. The van der Waals surface area contributed by atoms with Crippen molar-refractivity contribution in [2.24, 2.45) is 10.7 Å². The molecule has 0 aliphatic heterocycles. The summed E-state index contributed by atoms with van der Waals surface area (Å²) in [5.74, 6) is 1.50. The van der Waals surface area contributed by atoms with E-state index in [-0.39, 0.29) is 36.5 Å². The Hall–Kier alpha value is -2.29. The minimum atomic E-state index is -0.0622. The molecule has 1 amide bonds. The maximum Gasteiger partial charge on any atom is 0.258 e. The van der Waals surface area contributed by atoms with Crippen molar-refractivity contribution < 1.29 is 9.53 Å². The van der Waals surface area contributed by atoms with Crippen molar-refractivity contribution in [2.45, 2.75) is 45.1 Å². The molecule has 3 rings (SSSR count). The molecule has 0 radical (unpaired) electrons. The lowest BCUT2D eigenvalue weighted by molar-refractivity contribution is -0.123. The largest absolute Gasteiger partial charge is 0.484 e. The number of hydrogen-bond donors (Lipinski definition) is 3. The Kier molecular flexibility index (Phi) is 9.42. The molecule has 1 fully saturated rings. The topological polar surface area (TPSA) is 88.7 Å². The summed E-state index contributed by atoms with van der Waals surface area (Å²) in [6.45, 7) is 4.97. The third kappa shape index (κ3) is 8.22. The van der Waals surface area contributed by atoms with E-state index in [0.717, 1.165) is 30.5 Å². The summed E-state index contributed by atoms with van der Waals surface area (Å²) in [4.78, 5) is 16.1. The van der Waals surface area contributed by atoms with Gasteiger partial charge >= 0.3 is 0 Å². The van der Waals surface area contributed by atoms with Crippen molar-refractivity contribution >= 4 is 41.5 Å². The van der Waals surface area contributed by atoms with E-state index in [4.69, 9.17) is 10.5 Å². The second-order valence-corrected chi connectivity index (χ2v) is 7.70. The van der Waals surface area contributed by atoms with E-state index in [1.54, 1.807) is 0 Å². The minimum absolute atomic E-state index is 0. The second-order valence-electron chi connectivity index (χ2n) is 7.70. The van der Waals surface area contributed by atoms with Gasteiger partial charge in [0.25, 0.3) is 5.91 Å². The average molecular weight is 522 g/mol. The van der Waals surface area contributed by atoms with E-state index in [1.165, 1.54) is 5.56 Å². The van der Waals surface area contributed by atoms with Gasteiger partial charge < -0.3 is 21.1 Å². The Balaban J connectivity index is 0.00000320. The molecule has 6 nitrogen and oxygen atoms in total. The highest BCUT2D eigenvalue weighted by Gasteiger charge is 2.23. The van der Waals surface area contributed by atoms with Crippen LogP contribution in [0.3, 0.4) is 0 Å². The number of halogens is 1. The summed E-state index contributed by atoms with van der Waals surface area (Å²) in [6, 6.07) is 16.3. The van der Waals surface area contributed by atoms with Crippen LogP contribution in [0.2, 0.25) is 0 Å². The fraction of sp³-hybridized carbons (Fsp3) is 0.391. The summed E-state index contributed by atoms with van der Waals surface area (Å²) >= 11 is 0. The van der Waals surface area contributed by atoms with E-state index in [2.05, 4.69) is 41.6 Å². The zero-order valence-electron chi connectivity index (χ0n) is 17.6. The Morgan fingerprint density at radius 1 is 1.20 bits per heavy atom. The van der Waals surface area contributed by atoms with Crippen molar-refractivity contribution in [1.29, 1.82) is 0 Å². The molecule has 1 aliphatic rings. The Labute approximate surface area is 195 Å². The van der Waals surface area contributed by atoms with Crippen molar-refractivity contribution in [3.63, 3.8) is 0 Å². The summed E-state index contributed by atoms with van der Waals surface area (Å²) in [7, 11) is 0. The number of rotatable bonds is 9. The van der Waals surface area contributed by atoms with E-state index >= 15 is 0 Å². The van der Waals surface area contributed by atoms with Gasteiger partial charge in [0.2, 0.25) is 0 Å². The minimum Gasteiger partial charge on any atom is -0.484 e. The number of carbonyl (C=O) groups is 1. The lowest BCUT2D eigenvalue weighted by atomic mass is 10.0. The predicted octanol–water partition coefficient (Wildman–Crippen LogP) is 4.05. The normalized spacial score (nSPS) is 13.5. The number of ether oxygens (including phenoxy) is 1. The summed E-state index contributed by atoms with van der Waals surface area (Å²) in [5, 5.41) is 6.05. The molecule has 4 N–H and O–H groups in total. The highest BCUT2D eigenvalue weighted by Crippen LogP contribution is 2.19. The number of nitrogens with two attached hydrogens (primary N) is 1. The van der Waals surface area contributed by atoms with Crippen LogP contribution in [0.15, 0.2) is 53.5 Å². The lowest BCUT2D eigenvalue weighted by Crippen LogP contribution is -2.30. The van der Waals surface area contributed by atoms with Crippen LogP contribution in [0.25, 0.3) is 0 Å². The quantitative estimate of drug-likeness (QED) is 0.264. The molecule has 30 heavy (non-hydrogen) atoms. The molecule has 7 heteroatoms. The maximum atomic E-state index is 11.7. The Bertz CT molecular complexity index is 849. The van der Waals surface area contributed by atoms with Gasteiger partial charge in [0.1, 0.15) is 5.75 Å². The van der Waals surface area contributed by atoms with Crippen LogP contribution in [0.5, 0.6) is 5.75 Å². The smallest absolute Gasteiger partial charge is 0.258 e. The first-order valence-electron chi connectivity index (χ1n) is 10.2. The Morgan fingerprint density at radius 2 is 1.93 bits per heavy atom. The first kappa shape index (κ1) is 24.0. The maximum absolute atomic E-state index is 11.7. The van der Waals surface area contributed by atoms with Gasteiger partial charge in [-0.25, -0.2) is 0 Å². The molecule has 1 aliphatic carbocycles. The molecular weight excluding hydrogens is 491 g/mol. The van der Waals surface area contributed by atoms with Gasteiger partial charge in [0, 0.05) is 18.3 Å². The number of aliphatic imine (C=N–C) groups is 1.